The summed E-state index contributed by atoms with van der Waals surface area (Å²) in [7, 11) is 1.71. The number of nitrogens with two attached hydrogens (primary N) is 1. The zero-order chi connectivity index (χ0) is 12.3. The van der Waals surface area contributed by atoms with Crippen LogP contribution in [0, 0.1) is 19.3 Å². The smallest absolute Gasteiger partial charge is 0.199 e. The predicted molar refractivity (Wildman–Crippen MR) is 79.2 cm³/mol. The lowest BCUT2D eigenvalue weighted by Gasteiger charge is -2.26. The molecule has 0 atom stereocenters. The Hall–Kier alpha value is -1.33. The number of guanidine groups is 1. The zero-order valence-electron chi connectivity index (χ0n) is 10.1. The number of anilines is 1. The fourth-order valence-corrected chi connectivity index (χ4v) is 1.79. The number of hydrogen-bond donors (Lipinski definition) is 3. The normalized spacial score (nSPS) is 9.12. The highest BCUT2D eigenvalue weighted by Gasteiger charge is 2.17. The summed E-state index contributed by atoms with van der Waals surface area (Å²) in [5, 5.41) is 10.8. The molecule has 0 saturated heterocycles. The van der Waals surface area contributed by atoms with Crippen molar-refractivity contribution in [1.82, 2.24) is 5.32 Å². The van der Waals surface area contributed by atoms with Crippen molar-refractivity contribution in [3.8, 4) is 0 Å². The third-order valence-electron chi connectivity index (χ3n) is 2.32. The van der Waals surface area contributed by atoms with Crippen molar-refractivity contribution in [3.63, 3.8) is 0 Å². The Morgan fingerprint density at radius 2 is 1.82 bits per heavy atom. The molecule has 1 rings (SSSR count). The maximum Gasteiger partial charge on any atom is 0.199 e. The summed E-state index contributed by atoms with van der Waals surface area (Å²) in [4.78, 5) is 1.53. The Morgan fingerprint density at radius 3 is 2.18 bits per heavy atom. The summed E-state index contributed by atoms with van der Waals surface area (Å²) in [5.74, 6) is -0.0863. The molecule has 1 aromatic rings. The molecule has 0 saturated carbocycles. The molecule has 4 nitrogen and oxygen atoms in total. The lowest BCUT2D eigenvalue weighted by atomic mass is 10.1. The average molecular weight is 273 g/mol. The Bertz CT molecular complexity index is 413. The SMILES string of the molecule is CNC(=S)N(C(=N)N)c1c(C)cccc1C.Cl. The Morgan fingerprint density at radius 1 is 1.35 bits per heavy atom. The van der Waals surface area contributed by atoms with Crippen molar-refractivity contribution in [1.29, 1.82) is 5.41 Å². The number of hydrogen-bond acceptors (Lipinski definition) is 2. The van der Waals surface area contributed by atoms with Crippen LogP contribution < -0.4 is 16.0 Å². The summed E-state index contributed by atoms with van der Waals surface area (Å²) >= 11 is 5.15. The van der Waals surface area contributed by atoms with Crippen molar-refractivity contribution in [2.24, 2.45) is 5.73 Å². The van der Waals surface area contributed by atoms with Gasteiger partial charge in [-0.05, 0) is 37.2 Å². The van der Waals surface area contributed by atoms with E-state index in [1.165, 1.54) is 4.90 Å². The van der Waals surface area contributed by atoms with E-state index in [1.807, 2.05) is 32.0 Å². The van der Waals surface area contributed by atoms with Gasteiger partial charge in [-0.3, -0.25) is 10.3 Å². The van der Waals surface area contributed by atoms with Gasteiger partial charge in [-0.25, -0.2) is 0 Å². The van der Waals surface area contributed by atoms with Gasteiger partial charge < -0.3 is 11.1 Å². The summed E-state index contributed by atoms with van der Waals surface area (Å²) in [6, 6.07) is 5.90. The van der Waals surface area contributed by atoms with Crippen LogP contribution >= 0.6 is 24.6 Å². The van der Waals surface area contributed by atoms with Crippen LogP contribution in [0.3, 0.4) is 0 Å². The number of nitrogens with zero attached hydrogens (tertiary/aromatic N) is 1. The van der Waals surface area contributed by atoms with E-state index in [1.54, 1.807) is 7.05 Å². The number of thiocarbonyl (C=S) groups is 1. The molecular weight excluding hydrogens is 256 g/mol. The second-order valence-electron chi connectivity index (χ2n) is 3.52. The van der Waals surface area contributed by atoms with Gasteiger partial charge >= 0.3 is 0 Å². The Kier molecular flexibility index (Phi) is 5.91. The van der Waals surface area contributed by atoms with E-state index in [2.05, 4.69) is 5.32 Å². The topological polar surface area (TPSA) is 65.1 Å². The third-order valence-corrected chi connectivity index (χ3v) is 2.71. The van der Waals surface area contributed by atoms with Gasteiger partial charge in [0, 0.05) is 7.05 Å². The average Bonchev–Trinajstić information content (AvgIpc) is 2.22. The number of rotatable bonds is 1. The molecule has 0 spiro atoms. The molecule has 0 unspecified atom stereocenters. The first-order chi connectivity index (χ1) is 7.49. The second kappa shape index (κ2) is 6.42. The van der Waals surface area contributed by atoms with Crippen LogP contribution in [0.5, 0.6) is 0 Å². The van der Waals surface area contributed by atoms with Crippen LogP contribution in [0.15, 0.2) is 18.2 Å². The maximum absolute atomic E-state index is 7.59. The van der Waals surface area contributed by atoms with Gasteiger partial charge in [0.2, 0.25) is 0 Å². The Balaban J connectivity index is 0.00000256. The van der Waals surface area contributed by atoms with E-state index in [0.29, 0.717) is 5.11 Å². The molecule has 0 aliphatic heterocycles. The second-order valence-corrected chi connectivity index (χ2v) is 3.90. The molecule has 0 bridgehead atoms. The minimum atomic E-state index is -0.0863. The summed E-state index contributed by atoms with van der Waals surface area (Å²) in [6.45, 7) is 3.94. The number of aryl methyl sites for hydroxylation is 2. The minimum Gasteiger partial charge on any atom is -0.369 e. The highest BCUT2D eigenvalue weighted by Crippen LogP contribution is 2.24. The largest absolute Gasteiger partial charge is 0.369 e. The standard InChI is InChI=1S/C11H16N4S.ClH/c1-7-5-4-6-8(2)9(7)15(10(12)13)11(16)14-3;/h4-6H,1-3H3,(H3,12,13)(H,14,16);1H. The molecule has 0 aromatic heterocycles. The fourth-order valence-electron chi connectivity index (χ4n) is 1.60. The third kappa shape index (κ3) is 3.31. The van der Waals surface area contributed by atoms with Crippen LogP contribution in [0.25, 0.3) is 0 Å². The van der Waals surface area contributed by atoms with Gasteiger partial charge in [0.05, 0.1) is 5.69 Å². The van der Waals surface area contributed by atoms with E-state index < -0.39 is 0 Å². The fraction of sp³-hybridized carbons (Fsp3) is 0.273. The first kappa shape index (κ1) is 15.7. The molecule has 4 N–H and O–H groups in total. The Labute approximate surface area is 113 Å². The van der Waals surface area contributed by atoms with Gasteiger partial charge in [-0.1, -0.05) is 18.2 Å². The van der Waals surface area contributed by atoms with E-state index in [-0.39, 0.29) is 18.4 Å². The van der Waals surface area contributed by atoms with Crippen molar-refractivity contribution >= 4 is 41.4 Å². The first-order valence-corrected chi connectivity index (χ1v) is 5.32. The summed E-state index contributed by atoms with van der Waals surface area (Å²) in [6.07, 6.45) is 0. The van der Waals surface area contributed by atoms with Crippen molar-refractivity contribution < 1.29 is 0 Å². The van der Waals surface area contributed by atoms with E-state index in [9.17, 15) is 0 Å². The molecule has 17 heavy (non-hydrogen) atoms. The number of nitrogens with one attached hydrogen (secondary N) is 2. The van der Waals surface area contributed by atoms with Crippen molar-refractivity contribution in [2.45, 2.75) is 13.8 Å². The van der Waals surface area contributed by atoms with Crippen LogP contribution in [-0.2, 0) is 0 Å². The predicted octanol–water partition coefficient (Wildman–Crippen LogP) is 1.93. The van der Waals surface area contributed by atoms with Gasteiger partial charge in [0.25, 0.3) is 0 Å². The quantitative estimate of drug-likeness (QED) is 0.415. The van der Waals surface area contributed by atoms with Gasteiger partial charge in [-0.15, -0.1) is 12.4 Å². The molecule has 94 valence electrons. The number of halogens is 1. The van der Waals surface area contributed by atoms with Crippen molar-refractivity contribution in [2.75, 3.05) is 11.9 Å². The van der Waals surface area contributed by atoms with Crippen LogP contribution in [0.2, 0.25) is 0 Å². The molecule has 0 radical (unpaired) electrons. The zero-order valence-corrected chi connectivity index (χ0v) is 11.7. The monoisotopic (exact) mass is 272 g/mol. The van der Waals surface area contributed by atoms with E-state index in [4.69, 9.17) is 23.4 Å². The van der Waals surface area contributed by atoms with Gasteiger partial charge in [-0.2, -0.15) is 0 Å². The molecule has 0 aliphatic rings. The summed E-state index contributed by atoms with van der Waals surface area (Å²) in [5.41, 5.74) is 8.50. The first-order valence-electron chi connectivity index (χ1n) is 4.91. The van der Waals surface area contributed by atoms with Crippen LogP contribution in [0.4, 0.5) is 5.69 Å². The van der Waals surface area contributed by atoms with Gasteiger partial charge in [0.1, 0.15) is 0 Å². The summed E-state index contributed by atoms with van der Waals surface area (Å²) < 4.78 is 0. The molecule has 0 aliphatic carbocycles. The van der Waals surface area contributed by atoms with E-state index in [0.717, 1.165) is 16.8 Å². The maximum atomic E-state index is 7.59. The minimum absolute atomic E-state index is 0. The molecule has 0 fully saturated rings. The molecule has 0 amide bonds. The lowest BCUT2D eigenvalue weighted by Crippen LogP contribution is -2.46. The lowest BCUT2D eigenvalue weighted by molar-refractivity contribution is 1.13. The highest BCUT2D eigenvalue weighted by atomic mass is 35.5. The molecule has 6 heteroatoms. The number of benzene rings is 1. The highest BCUT2D eigenvalue weighted by molar-refractivity contribution is 7.80. The van der Waals surface area contributed by atoms with Crippen LogP contribution in [-0.4, -0.2) is 18.1 Å². The molecule has 1 aromatic carbocycles. The number of para-hydroxylation sites is 1. The molecular formula is C11H17ClN4S. The van der Waals surface area contributed by atoms with Gasteiger partial charge in [0.15, 0.2) is 11.1 Å². The molecule has 0 heterocycles. The van der Waals surface area contributed by atoms with E-state index >= 15 is 0 Å². The van der Waals surface area contributed by atoms with Crippen molar-refractivity contribution in [3.05, 3.63) is 29.3 Å². The van der Waals surface area contributed by atoms with Crippen LogP contribution in [0.1, 0.15) is 11.1 Å².